The first-order chi connectivity index (χ1) is 12.6. The van der Waals surface area contributed by atoms with E-state index in [0.717, 1.165) is 31.1 Å². The van der Waals surface area contributed by atoms with Gasteiger partial charge in [-0.25, -0.2) is 5.01 Å². The van der Waals surface area contributed by atoms with E-state index in [9.17, 15) is 9.59 Å². The summed E-state index contributed by atoms with van der Waals surface area (Å²) in [5.74, 6) is 0.336. The lowest BCUT2D eigenvalue weighted by Crippen LogP contribution is -2.52. The van der Waals surface area contributed by atoms with Crippen LogP contribution in [0.15, 0.2) is 59.5 Å². The number of carbonyl (C=O) groups is 2. The van der Waals surface area contributed by atoms with Crippen LogP contribution in [0.4, 0.5) is 0 Å². The number of piperazine rings is 1. The van der Waals surface area contributed by atoms with E-state index < -0.39 is 0 Å². The molecular formula is C20H23N3O2S. The third-order valence-corrected chi connectivity index (χ3v) is 5.32. The van der Waals surface area contributed by atoms with Crippen molar-refractivity contribution in [1.82, 2.24) is 15.3 Å². The Morgan fingerprint density at radius 2 is 1.65 bits per heavy atom. The highest BCUT2D eigenvalue weighted by molar-refractivity contribution is 8.00. The number of Topliss-reactive ketones (excluding diaryl/α,β-unsaturated/α-hetero) is 1. The van der Waals surface area contributed by atoms with Crippen molar-refractivity contribution in [3.05, 3.63) is 65.7 Å². The van der Waals surface area contributed by atoms with Crippen LogP contribution >= 0.6 is 11.8 Å². The van der Waals surface area contributed by atoms with Gasteiger partial charge in [-0.05, 0) is 25.2 Å². The smallest absolute Gasteiger partial charge is 0.265 e. The van der Waals surface area contributed by atoms with Crippen LogP contribution in [0.1, 0.15) is 20.7 Å². The van der Waals surface area contributed by atoms with Gasteiger partial charge in [0.25, 0.3) is 5.91 Å². The Hall–Kier alpha value is -2.15. The Morgan fingerprint density at radius 1 is 0.962 bits per heavy atom. The summed E-state index contributed by atoms with van der Waals surface area (Å²) in [6, 6.07) is 16.7. The minimum absolute atomic E-state index is 0.0860. The molecule has 0 bridgehead atoms. The van der Waals surface area contributed by atoms with Crippen molar-refractivity contribution in [3.8, 4) is 0 Å². The molecule has 5 nitrogen and oxygen atoms in total. The maximum atomic E-state index is 12.5. The van der Waals surface area contributed by atoms with Gasteiger partial charge in [0.1, 0.15) is 0 Å². The summed E-state index contributed by atoms with van der Waals surface area (Å²) in [6.07, 6.45) is 0. The molecule has 1 saturated heterocycles. The SMILES string of the molecule is CN1CCN(NC(=O)c2cccc(SCC(=O)c3ccccc3)c2)CC1. The lowest BCUT2D eigenvalue weighted by atomic mass is 10.2. The first-order valence-corrected chi connectivity index (χ1v) is 9.66. The highest BCUT2D eigenvalue weighted by Crippen LogP contribution is 2.20. The van der Waals surface area contributed by atoms with Gasteiger partial charge in [0, 0.05) is 42.2 Å². The molecule has 1 aliphatic heterocycles. The zero-order chi connectivity index (χ0) is 18.4. The summed E-state index contributed by atoms with van der Waals surface area (Å²) >= 11 is 1.45. The Bertz CT molecular complexity index is 759. The normalized spacial score (nSPS) is 15.6. The van der Waals surface area contributed by atoms with E-state index >= 15 is 0 Å². The fourth-order valence-electron chi connectivity index (χ4n) is 2.71. The third kappa shape index (κ3) is 5.17. The van der Waals surface area contributed by atoms with Crippen molar-refractivity contribution in [2.75, 3.05) is 39.0 Å². The zero-order valence-electron chi connectivity index (χ0n) is 14.9. The molecule has 0 unspecified atom stereocenters. The molecular weight excluding hydrogens is 346 g/mol. The second-order valence-corrected chi connectivity index (χ2v) is 7.39. The molecule has 0 atom stereocenters. The van der Waals surface area contributed by atoms with Crippen molar-refractivity contribution < 1.29 is 9.59 Å². The molecule has 1 amide bonds. The molecule has 1 aliphatic rings. The Labute approximate surface area is 158 Å². The monoisotopic (exact) mass is 369 g/mol. The van der Waals surface area contributed by atoms with Crippen LogP contribution in [0.2, 0.25) is 0 Å². The number of likely N-dealkylation sites (N-methyl/N-ethyl adjacent to an activating group) is 1. The van der Waals surface area contributed by atoms with Gasteiger partial charge in [0.15, 0.2) is 5.78 Å². The van der Waals surface area contributed by atoms with E-state index in [0.29, 0.717) is 16.9 Å². The Balaban J connectivity index is 1.55. The van der Waals surface area contributed by atoms with Crippen molar-refractivity contribution in [2.24, 2.45) is 0 Å². The number of nitrogens with one attached hydrogen (secondary N) is 1. The van der Waals surface area contributed by atoms with Crippen LogP contribution in [0.3, 0.4) is 0 Å². The summed E-state index contributed by atoms with van der Waals surface area (Å²) < 4.78 is 0. The number of benzene rings is 2. The molecule has 0 radical (unpaired) electrons. The largest absolute Gasteiger partial charge is 0.304 e. The van der Waals surface area contributed by atoms with Gasteiger partial charge in [0.05, 0.1) is 5.75 Å². The van der Waals surface area contributed by atoms with Gasteiger partial charge in [-0.2, -0.15) is 0 Å². The van der Waals surface area contributed by atoms with Gasteiger partial charge in [0.2, 0.25) is 0 Å². The zero-order valence-corrected chi connectivity index (χ0v) is 15.7. The first kappa shape index (κ1) is 18.6. The quantitative estimate of drug-likeness (QED) is 0.626. The number of nitrogens with zero attached hydrogens (tertiary/aromatic N) is 2. The number of amides is 1. The van der Waals surface area contributed by atoms with Crippen LogP contribution in [-0.4, -0.2) is 60.6 Å². The number of carbonyl (C=O) groups excluding carboxylic acids is 2. The second kappa shape index (κ2) is 8.98. The number of hydrazine groups is 1. The predicted molar refractivity (Wildman–Crippen MR) is 104 cm³/mol. The average molecular weight is 369 g/mol. The van der Waals surface area contributed by atoms with E-state index in [-0.39, 0.29) is 11.7 Å². The topological polar surface area (TPSA) is 52.6 Å². The molecule has 0 aliphatic carbocycles. The standard InChI is InChI=1S/C20H23N3O2S/c1-22-10-12-23(13-11-22)21-20(25)17-8-5-9-18(14-17)26-15-19(24)16-6-3-2-4-7-16/h2-9,14H,10-13,15H2,1H3,(H,21,25). The molecule has 1 N–H and O–H groups in total. The molecule has 6 heteroatoms. The maximum absolute atomic E-state index is 12.5. The highest BCUT2D eigenvalue weighted by atomic mass is 32.2. The van der Waals surface area contributed by atoms with E-state index in [1.807, 2.05) is 53.5 Å². The summed E-state index contributed by atoms with van der Waals surface area (Å²) in [4.78, 5) is 27.8. The number of thioether (sulfide) groups is 1. The molecule has 0 aromatic heterocycles. The maximum Gasteiger partial charge on any atom is 0.265 e. The average Bonchev–Trinajstić information content (AvgIpc) is 2.69. The highest BCUT2D eigenvalue weighted by Gasteiger charge is 2.17. The third-order valence-electron chi connectivity index (χ3n) is 4.32. The van der Waals surface area contributed by atoms with E-state index in [1.54, 1.807) is 6.07 Å². The van der Waals surface area contributed by atoms with E-state index in [2.05, 4.69) is 17.4 Å². The summed E-state index contributed by atoms with van der Waals surface area (Å²) in [6.45, 7) is 3.53. The van der Waals surface area contributed by atoms with Gasteiger partial charge < -0.3 is 4.90 Å². The second-order valence-electron chi connectivity index (χ2n) is 6.34. The number of hydrogen-bond acceptors (Lipinski definition) is 5. The summed E-state index contributed by atoms with van der Waals surface area (Å²) in [5.41, 5.74) is 4.29. The molecule has 3 rings (SSSR count). The number of ketones is 1. The van der Waals surface area contributed by atoms with Crippen molar-refractivity contribution >= 4 is 23.5 Å². The molecule has 0 spiro atoms. The number of rotatable bonds is 6. The van der Waals surface area contributed by atoms with E-state index in [4.69, 9.17) is 0 Å². The number of hydrogen-bond donors (Lipinski definition) is 1. The van der Waals surface area contributed by atoms with Crippen molar-refractivity contribution in [3.63, 3.8) is 0 Å². The lowest BCUT2D eigenvalue weighted by Gasteiger charge is -2.32. The molecule has 136 valence electrons. The van der Waals surface area contributed by atoms with Gasteiger partial charge in [-0.1, -0.05) is 36.4 Å². The molecule has 1 fully saturated rings. The lowest BCUT2D eigenvalue weighted by molar-refractivity contribution is 0.0662. The van der Waals surface area contributed by atoms with Gasteiger partial charge >= 0.3 is 0 Å². The molecule has 2 aromatic carbocycles. The Morgan fingerprint density at radius 3 is 2.38 bits per heavy atom. The van der Waals surface area contributed by atoms with Crippen LogP contribution in [-0.2, 0) is 0 Å². The van der Waals surface area contributed by atoms with Gasteiger partial charge in [-0.15, -0.1) is 11.8 Å². The molecule has 0 saturated carbocycles. The van der Waals surface area contributed by atoms with Crippen LogP contribution in [0.5, 0.6) is 0 Å². The van der Waals surface area contributed by atoms with Crippen molar-refractivity contribution in [1.29, 1.82) is 0 Å². The summed E-state index contributed by atoms with van der Waals surface area (Å²) in [5, 5.41) is 1.96. The first-order valence-electron chi connectivity index (χ1n) is 8.67. The van der Waals surface area contributed by atoms with Crippen LogP contribution in [0, 0.1) is 0 Å². The predicted octanol–water partition coefficient (Wildman–Crippen LogP) is 2.55. The minimum atomic E-state index is -0.105. The van der Waals surface area contributed by atoms with Crippen LogP contribution in [0.25, 0.3) is 0 Å². The fraction of sp³-hybridized carbons (Fsp3) is 0.300. The van der Waals surface area contributed by atoms with Gasteiger partial charge in [-0.3, -0.25) is 15.0 Å². The molecule has 26 heavy (non-hydrogen) atoms. The van der Waals surface area contributed by atoms with Crippen LogP contribution < -0.4 is 5.43 Å². The Kier molecular flexibility index (Phi) is 6.44. The fourth-order valence-corrected chi connectivity index (χ4v) is 3.56. The van der Waals surface area contributed by atoms with Crippen molar-refractivity contribution in [2.45, 2.75) is 4.90 Å². The molecule has 2 aromatic rings. The van der Waals surface area contributed by atoms with E-state index in [1.165, 1.54) is 11.8 Å². The minimum Gasteiger partial charge on any atom is -0.304 e. The summed E-state index contributed by atoms with van der Waals surface area (Å²) in [7, 11) is 2.08. The molecule has 1 heterocycles.